The monoisotopic (exact) mass is 250 g/mol. The Morgan fingerprint density at radius 1 is 1.39 bits per heavy atom. The topological polar surface area (TPSA) is 38.5 Å². The lowest BCUT2D eigenvalue weighted by atomic mass is 9.93. The zero-order chi connectivity index (χ0) is 12.7. The number of aryl methyl sites for hydroxylation is 2. The molecule has 0 saturated carbocycles. The van der Waals surface area contributed by atoms with Gasteiger partial charge in [-0.15, -0.1) is 0 Å². The second-order valence-corrected chi connectivity index (χ2v) is 5.81. The van der Waals surface area contributed by atoms with E-state index in [4.69, 9.17) is 9.26 Å². The van der Waals surface area contributed by atoms with Crippen molar-refractivity contribution in [2.45, 2.75) is 52.4 Å². The predicted molar refractivity (Wildman–Crippen MR) is 68.3 cm³/mol. The van der Waals surface area contributed by atoms with Gasteiger partial charge in [-0.25, -0.2) is 0 Å². The fourth-order valence-electron chi connectivity index (χ4n) is 3.37. The van der Waals surface area contributed by atoms with Gasteiger partial charge in [0.2, 0.25) is 0 Å². The third-order valence-electron chi connectivity index (χ3n) is 4.35. The molecule has 1 aromatic heterocycles. The van der Waals surface area contributed by atoms with Gasteiger partial charge in [0.1, 0.15) is 5.76 Å². The van der Waals surface area contributed by atoms with Crippen molar-refractivity contribution in [3.05, 3.63) is 17.0 Å². The van der Waals surface area contributed by atoms with Gasteiger partial charge in [0.05, 0.1) is 17.9 Å². The van der Waals surface area contributed by atoms with Crippen molar-refractivity contribution in [1.29, 1.82) is 0 Å². The number of piperidine rings is 1. The van der Waals surface area contributed by atoms with Crippen molar-refractivity contribution in [2.75, 3.05) is 13.1 Å². The lowest BCUT2D eigenvalue weighted by Gasteiger charge is -2.33. The van der Waals surface area contributed by atoms with Crippen LogP contribution >= 0.6 is 0 Å². The van der Waals surface area contributed by atoms with Crippen LogP contribution in [0.25, 0.3) is 0 Å². The molecule has 2 aliphatic heterocycles. The highest BCUT2D eigenvalue weighted by molar-refractivity contribution is 5.20. The average molecular weight is 250 g/mol. The minimum absolute atomic E-state index is 0.444. The lowest BCUT2D eigenvalue weighted by molar-refractivity contribution is 0.00575. The van der Waals surface area contributed by atoms with Crippen LogP contribution in [0.1, 0.15) is 36.8 Å². The maximum absolute atomic E-state index is 5.94. The summed E-state index contributed by atoms with van der Waals surface area (Å²) in [6.07, 6.45) is 3.32. The van der Waals surface area contributed by atoms with Gasteiger partial charge in [-0.3, -0.25) is 4.90 Å². The molecule has 0 radical (unpaired) electrons. The van der Waals surface area contributed by atoms with Gasteiger partial charge in [-0.05, 0) is 33.6 Å². The third kappa shape index (κ3) is 2.19. The molecule has 0 unspecified atom stereocenters. The van der Waals surface area contributed by atoms with Gasteiger partial charge >= 0.3 is 0 Å². The molecule has 4 heteroatoms. The highest BCUT2D eigenvalue weighted by atomic mass is 16.5. The highest BCUT2D eigenvalue weighted by Crippen LogP contribution is 2.33. The molecule has 2 saturated heterocycles. The van der Waals surface area contributed by atoms with Gasteiger partial charge in [-0.2, -0.15) is 0 Å². The van der Waals surface area contributed by atoms with E-state index in [0.717, 1.165) is 31.1 Å². The largest absolute Gasteiger partial charge is 0.375 e. The van der Waals surface area contributed by atoms with Crippen LogP contribution in [0.5, 0.6) is 0 Å². The summed E-state index contributed by atoms with van der Waals surface area (Å²) in [5.41, 5.74) is 2.30. The molecular formula is C14H22N2O2. The highest BCUT2D eigenvalue weighted by Gasteiger charge is 2.37. The summed E-state index contributed by atoms with van der Waals surface area (Å²) in [5.74, 6) is 1.68. The fourth-order valence-corrected chi connectivity index (χ4v) is 3.37. The number of ether oxygens (including phenoxy) is 1. The first-order valence-electron chi connectivity index (χ1n) is 6.93. The average Bonchev–Trinajstić information content (AvgIpc) is 2.84. The van der Waals surface area contributed by atoms with Crippen LogP contribution < -0.4 is 0 Å². The Morgan fingerprint density at radius 3 is 2.94 bits per heavy atom. The van der Waals surface area contributed by atoms with Crippen LogP contribution in [0.15, 0.2) is 4.52 Å². The summed E-state index contributed by atoms with van der Waals surface area (Å²) in [4.78, 5) is 2.52. The van der Waals surface area contributed by atoms with Crippen LogP contribution in [0, 0.1) is 19.8 Å². The molecule has 0 bridgehead atoms. The van der Waals surface area contributed by atoms with Crippen LogP contribution in [0.2, 0.25) is 0 Å². The Hall–Kier alpha value is -0.870. The second kappa shape index (κ2) is 4.67. The minimum atomic E-state index is 0.444. The first kappa shape index (κ1) is 12.2. The number of nitrogens with zero attached hydrogens (tertiary/aromatic N) is 2. The van der Waals surface area contributed by atoms with E-state index in [1.54, 1.807) is 0 Å². The normalized spacial score (nSPS) is 32.7. The molecule has 2 aliphatic rings. The zero-order valence-corrected chi connectivity index (χ0v) is 11.5. The Kier molecular flexibility index (Phi) is 3.16. The minimum Gasteiger partial charge on any atom is -0.375 e. The molecule has 0 spiro atoms. The van der Waals surface area contributed by atoms with E-state index in [1.165, 1.54) is 18.4 Å². The van der Waals surface area contributed by atoms with Crippen molar-refractivity contribution in [2.24, 2.45) is 5.92 Å². The molecule has 18 heavy (non-hydrogen) atoms. The number of fused-ring (bicyclic) bond motifs is 1. The number of hydrogen-bond donors (Lipinski definition) is 0. The maximum atomic E-state index is 5.94. The predicted octanol–water partition coefficient (Wildman–Crippen LogP) is 2.29. The van der Waals surface area contributed by atoms with Crippen LogP contribution in [-0.2, 0) is 11.3 Å². The summed E-state index contributed by atoms with van der Waals surface area (Å²) >= 11 is 0. The Bertz CT molecular complexity index is 410. The third-order valence-corrected chi connectivity index (χ3v) is 4.35. The van der Waals surface area contributed by atoms with E-state index in [-0.39, 0.29) is 0 Å². The maximum Gasteiger partial charge on any atom is 0.138 e. The Balaban J connectivity index is 1.65. The molecule has 4 nitrogen and oxygen atoms in total. The second-order valence-electron chi connectivity index (χ2n) is 5.81. The summed E-state index contributed by atoms with van der Waals surface area (Å²) in [7, 11) is 0. The number of hydrogen-bond acceptors (Lipinski definition) is 4. The standard InChI is InChI=1S/C14H22N2O2/c1-9-6-12-7-16(5-4-14(12)17-9)8-13-10(2)15-18-11(13)3/h9,12,14H,4-8H2,1-3H3/t9-,12-,14+/m1/s1. The molecule has 3 heterocycles. The molecule has 0 N–H and O–H groups in total. The zero-order valence-electron chi connectivity index (χ0n) is 11.5. The summed E-state index contributed by atoms with van der Waals surface area (Å²) in [5, 5.41) is 4.03. The van der Waals surface area contributed by atoms with Crippen molar-refractivity contribution < 1.29 is 9.26 Å². The van der Waals surface area contributed by atoms with Gasteiger partial charge in [-0.1, -0.05) is 5.16 Å². The van der Waals surface area contributed by atoms with Gasteiger partial charge < -0.3 is 9.26 Å². The quantitative estimate of drug-likeness (QED) is 0.807. The van der Waals surface area contributed by atoms with Gasteiger partial charge in [0.25, 0.3) is 0 Å². The van der Waals surface area contributed by atoms with Gasteiger partial charge in [0, 0.05) is 31.1 Å². The Labute approximate surface area is 108 Å². The Morgan fingerprint density at radius 2 is 2.22 bits per heavy atom. The SMILES string of the molecule is Cc1noc(C)c1CN1CC[C@@H]2O[C@H](C)C[C@@H]2C1. The summed E-state index contributed by atoms with van der Waals surface area (Å²) < 4.78 is 11.2. The van der Waals surface area contributed by atoms with Crippen LogP contribution in [0.4, 0.5) is 0 Å². The molecular weight excluding hydrogens is 228 g/mol. The first-order valence-corrected chi connectivity index (χ1v) is 6.93. The van der Waals surface area contributed by atoms with Crippen molar-refractivity contribution in [3.8, 4) is 0 Å². The van der Waals surface area contributed by atoms with Crippen LogP contribution in [0.3, 0.4) is 0 Å². The molecule has 100 valence electrons. The van der Waals surface area contributed by atoms with Gasteiger partial charge in [0.15, 0.2) is 0 Å². The van der Waals surface area contributed by atoms with E-state index in [0.29, 0.717) is 18.1 Å². The first-order chi connectivity index (χ1) is 8.63. The molecule has 0 aromatic carbocycles. The van der Waals surface area contributed by atoms with E-state index in [1.807, 2.05) is 13.8 Å². The molecule has 3 rings (SSSR count). The van der Waals surface area contributed by atoms with Crippen molar-refractivity contribution in [3.63, 3.8) is 0 Å². The number of rotatable bonds is 2. The molecule has 0 amide bonds. The van der Waals surface area contributed by atoms with E-state index >= 15 is 0 Å². The molecule has 1 aromatic rings. The molecule has 2 fully saturated rings. The summed E-state index contributed by atoms with van der Waals surface area (Å²) in [6, 6.07) is 0. The number of likely N-dealkylation sites (tertiary alicyclic amines) is 1. The van der Waals surface area contributed by atoms with E-state index in [2.05, 4.69) is 17.0 Å². The molecule has 0 aliphatic carbocycles. The molecule has 3 atom stereocenters. The van der Waals surface area contributed by atoms with E-state index < -0.39 is 0 Å². The number of aromatic nitrogens is 1. The van der Waals surface area contributed by atoms with Crippen LogP contribution in [-0.4, -0.2) is 35.4 Å². The smallest absolute Gasteiger partial charge is 0.138 e. The summed E-state index contributed by atoms with van der Waals surface area (Å²) in [6.45, 7) is 9.47. The van der Waals surface area contributed by atoms with Crippen molar-refractivity contribution in [1.82, 2.24) is 10.1 Å². The lowest BCUT2D eigenvalue weighted by Crippen LogP contribution is -2.40. The fraction of sp³-hybridized carbons (Fsp3) is 0.786. The van der Waals surface area contributed by atoms with E-state index in [9.17, 15) is 0 Å². The van der Waals surface area contributed by atoms with Crippen molar-refractivity contribution >= 4 is 0 Å².